The van der Waals surface area contributed by atoms with Crippen LogP contribution in [0.4, 0.5) is 5.82 Å². The average molecular weight is 409 g/mol. The Morgan fingerprint density at radius 3 is 2.17 bits per heavy atom. The molecule has 3 aromatic rings. The van der Waals surface area contributed by atoms with Gasteiger partial charge in [-0.2, -0.15) is 9.61 Å². The van der Waals surface area contributed by atoms with Crippen molar-refractivity contribution in [2.75, 3.05) is 38.9 Å². The molecule has 0 aliphatic carbocycles. The maximum Gasteiger partial charge on any atom is 0.165 e. The SMILES string of the molecule is COCC(COC)N1CCc2c(C)nc3c(-c4c(C)cc(C)cc4C)c(C)nn3c21. The fraction of sp³-hybridized carbons (Fsp3) is 0.500. The molecular formula is C24H32N4O2. The van der Waals surface area contributed by atoms with Gasteiger partial charge in [-0.05, 0) is 57.7 Å². The van der Waals surface area contributed by atoms with Crippen LogP contribution in [0.1, 0.15) is 33.6 Å². The highest BCUT2D eigenvalue weighted by atomic mass is 16.5. The summed E-state index contributed by atoms with van der Waals surface area (Å²) in [6.45, 7) is 12.8. The molecule has 0 amide bonds. The molecule has 160 valence electrons. The monoisotopic (exact) mass is 408 g/mol. The summed E-state index contributed by atoms with van der Waals surface area (Å²) < 4.78 is 13.1. The smallest absolute Gasteiger partial charge is 0.165 e. The number of rotatable bonds is 6. The Morgan fingerprint density at radius 2 is 1.57 bits per heavy atom. The van der Waals surface area contributed by atoms with Crippen molar-refractivity contribution in [3.8, 4) is 11.1 Å². The standard InChI is InChI=1S/C24H32N4O2/c1-14-10-15(2)21(16(3)11-14)22-18(5)26-28-23(22)25-17(4)20-8-9-27(24(20)28)19(12-29-6)13-30-7/h10-11,19H,8-9,12-13H2,1-7H3. The molecule has 0 saturated carbocycles. The molecule has 1 aliphatic rings. The highest BCUT2D eigenvalue weighted by molar-refractivity contribution is 5.85. The van der Waals surface area contributed by atoms with Gasteiger partial charge in [0, 0.05) is 32.0 Å². The van der Waals surface area contributed by atoms with E-state index >= 15 is 0 Å². The van der Waals surface area contributed by atoms with Crippen LogP contribution in [-0.4, -0.2) is 54.6 Å². The molecule has 30 heavy (non-hydrogen) atoms. The molecule has 0 radical (unpaired) electrons. The van der Waals surface area contributed by atoms with E-state index < -0.39 is 0 Å². The number of benzene rings is 1. The quantitative estimate of drug-likeness (QED) is 0.618. The summed E-state index contributed by atoms with van der Waals surface area (Å²) in [5.74, 6) is 1.13. The van der Waals surface area contributed by atoms with Gasteiger partial charge in [-0.15, -0.1) is 0 Å². The first-order valence-electron chi connectivity index (χ1n) is 10.6. The lowest BCUT2D eigenvalue weighted by Gasteiger charge is -2.29. The Morgan fingerprint density at radius 1 is 0.933 bits per heavy atom. The zero-order valence-corrected chi connectivity index (χ0v) is 19.2. The Balaban J connectivity index is 1.96. The van der Waals surface area contributed by atoms with E-state index in [0.29, 0.717) is 13.2 Å². The largest absolute Gasteiger partial charge is 0.382 e. The molecule has 6 nitrogen and oxygen atoms in total. The molecule has 1 aromatic carbocycles. The van der Waals surface area contributed by atoms with Crippen LogP contribution in [0.25, 0.3) is 16.8 Å². The van der Waals surface area contributed by atoms with E-state index in [1.807, 2.05) is 0 Å². The molecule has 4 rings (SSSR count). The minimum atomic E-state index is 0.141. The minimum absolute atomic E-state index is 0.141. The average Bonchev–Trinajstić information content (AvgIpc) is 3.24. The molecule has 1 aliphatic heterocycles. The lowest BCUT2D eigenvalue weighted by Crippen LogP contribution is -2.41. The van der Waals surface area contributed by atoms with Gasteiger partial charge in [-0.25, -0.2) is 4.98 Å². The van der Waals surface area contributed by atoms with E-state index in [1.54, 1.807) is 14.2 Å². The van der Waals surface area contributed by atoms with Crippen LogP contribution < -0.4 is 4.90 Å². The number of nitrogens with zero attached hydrogens (tertiary/aromatic N) is 4. The molecular weight excluding hydrogens is 376 g/mol. The van der Waals surface area contributed by atoms with Gasteiger partial charge in [0.25, 0.3) is 0 Å². The first-order valence-corrected chi connectivity index (χ1v) is 10.6. The minimum Gasteiger partial charge on any atom is -0.382 e. The maximum atomic E-state index is 5.50. The summed E-state index contributed by atoms with van der Waals surface area (Å²) in [5.41, 5.74) is 10.5. The van der Waals surface area contributed by atoms with Gasteiger partial charge in [0.05, 0.1) is 30.5 Å². The molecule has 2 aromatic heterocycles. The van der Waals surface area contributed by atoms with Gasteiger partial charge in [-0.1, -0.05) is 17.7 Å². The molecule has 6 heteroatoms. The second-order valence-corrected chi connectivity index (χ2v) is 8.48. The third-order valence-corrected chi connectivity index (χ3v) is 6.18. The van der Waals surface area contributed by atoms with Crippen molar-refractivity contribution in [1.29, 1.82) is 0 Å². The fourth-order valence-electron chi connectivity index (χ4n) is 5.04. The van der Waals surface area contributed by atoms with Gasteiger partial charge in [0.1, 0.15) is 5.82 Å². The topological polar surface area (TPSA) is 51.9 Å². The normalized spacial score (nSPS) is 13.7. The Labute approximate surface area is 178 Å². The lowest BCUT2D eigenvalue weighted by molar-refractivity contribution is 0.115. The van der Waals surface area contributed by atoms with Gasteiger partial charge < -0.3 is 14.4 Å². The molecule has 3 heterocycles. The first kappa shape index (κ1) is 20.8. The zero-order valence-electron chi connectivity index (χ0n) is 19.2. The van der Waals surface area contributed by atoms with Crippen LogP contribution in [0.3, 0.4) is 0 Å². The summed E-state index contributed by atoms with van der Waals surface area (Å²) in [4.78, 5) is 7.43. The van der Waals surface area contributed by atoms with Crippen molar-refractivity contribution in [1.82, 2.24) is 14.6 Å². The third kappa shape index (κ3) is 3.28. The van der Waals surface area contributed by atoms with E-state index in [4.69, 9.17) is 19.6 Å². The summed E-state index contributed by atoms with van der Waals surface area (Å²) in [6, 6.07) is 4.62. The Kier molecular flexibility index (Phi) is 5.55. The maximum absolute atomic E-state index is 5.50. The molecule has 0 spiro atoms. The number of aromatic nitrogens is 3. The first-order chi connectivity index (χ1) is 14.4. The van der Waals surface area contributed by atoms with Crippen LogP contribution in [0.2, 0.25) is 0 Å². The molecule has 0 atom stereocenters. The van der Waals surface area contributed by atoms with Crippen LogP contribution in [0.5, 0.6) is 0 Å². The number of anilines is 1. The van der Waals surface area contributed by atoms with E-state index in [1.165, 1.54) is 27.8 Å². The number of ether oxygens (including phenoxy) is 2. The third-order valence-electron chi connectivity index (χ3n) is 6.18. The van der Waals surface area contributed by atoms with Gasteiger partial charge >= 0.3 is 0 Å². The fourth-order valence-corrected chi connectivity index (χ4v) is 5.04. The van der Waals surface area contributed by atoms with Crippen LogP contribution in [-0.2, 0) is 15.9 Å². The van der Waals surface area contributed by atoms with Gasteiger partial charge in [0.2, 0.25) is 0 Å². The highest BCUT2D eigenvalue weighted by Crippen LogP contribution is 2.38. The van der Waals surface area contributed by atoms with Crippen molar-refractivity contribution in [3.63, 3.8) is 0 Å². The molecule has 0 unspecified atom stereocenters. The lowest BCUT2D eigenvalue weighted by atomic mass is 9.94. The summed E-state index contributed by atoms with van der Waals surface area (Å²) in [7, 11) is 3.48. The van der Waals surface area contributed by atoms with E-state index in [2.05, 4.69) is 56.2 Å². The van der Waals surface area contributed by atoms with Crippen molar-refractivity contribution in [2.45, 2.75) is 47.1 Å². The van der Waals surface area contributed by atoms with Crippen molar-refractivity contribution in [3.05, 3.63) is 45.8 Å². The second kappa shape index (κ2) is 8.00. The van der Waals surface area contributed by atoms with Gasteiger partial charge in [-0.3, -0.25) is 0 Å². The summed E-state index contributed by atoms with van der Waals surface area (Å²) in [5, 5.41) is 4.99. The summed E-state index contributed by atoms with van der Waals surface area (Å²) in [6.07, 6.45) is 0.963. The Bertz CT molecular complexity index is 1070. The van der Waals surface area contributed by atoms with Crippen molar-refractivity contribution >= 4 is 11.5 Å². The number of hydrogen-bond donors (Lipinski definition) is 0. The van der Waals surface area contributed by atoms with Crippen molar-refractivity contribution in [2.24, 2.45) is 0 Å². The predicted molar refractivity (Wildman–Crippen MR) is 121 cm³/mol. The van der Waals surface area contributed by atoms with Crippen molar-refractivity contribution < 1.29 is 9.47 Å². The van der Waals surface area contributed by atoms with Crippen LogP contribution >= 0.6 is 0 Å². The van der Waals surface area contributed by atoms with Crippen LogP contribution in [0.15, 0.2) is 12.1 Å². The number of methoxy groups -OCH3 is 2. The van der Waals surface area contributed by atoms with E-state index in [-0.39, 0.29) is 6.04 Å². The molecule has 0 bridgehead atoms. The molecule has 0 fully saturated rings. The number of fused-ring (bicyclic) bond motifs is 3. The molecule has 0 saturated heterocycles. The number of hydrogen-bond acceptors (Lipinski definition) is 5. The molecule has 0 N–H and O–H groups in total. The highest BCUT2D eigenvalue weighted by Gasteiger charge is 2.32. The van der Waals surface area contributed by atoms with Gasteiger partial charge in [0.15, 0.2) is 5.65 Å². The second-order valence-electron chi connectivity index (χ2n) is 8.48. The summed E-state index contributed by atoms with van der Waals surface area (Å²) >= 11 is 0. The Hall–Kier alpha value is -2.44. The van der Waals surface area contributed by atoms with E-state index in [0.717, 1.165) is 41.4 Å². The van der Waals surface area contributed by atoms with E-state index in [9.17, 15) is 0 Å². The zero-order chi connectivity index (χ0) is 21.6. The predicted octanol–water partition coefficient (Wildman–Crippen LogP) is 3.96. The number of aryl methyl sites for hydroxylation is 5. The van der Waals surface area contributed by atoms with Crippen LogP contribution in [0, 0.1) is 34.6 Å².